The lowest BCUT2D eigenvalue weighted by molar-refractivity contribution is 0.103. The Morgan fingerprint density at radius 2 is 2.24 bits per heavy atom. The number of nitrogens with one attached hydrogen (secondary N) is 1. The molecule has 0 aliphatic carbocycles. The van der Waals surface area contributed by atoms with Crippen molar-refractivity contribution in [1.29, 1.82) is 0 Å². The van der Waals surface area contributed by atoms with Gasteiger partial charge in [0.05, 0.1) is 5.02 Å². The summed E-state index contributed by atoms with van der Waals surface area (Å²) in [6.45, 7) is 1.85. The van der Waals surface area contributed by atoms with E-state index in [4.69, 9.17) is 23.2 Å². The normalized spacial score (nSPS) is 10.3. The Kier molecular flexibility index (Phi) is 3.66. The highest BCUT2D eigenvalue weighted by atomic mass is 35.5. The number of nitrogens with zero attached hydrogens (tertiary/aromatic N) is 1. The van der Waals surface area contributed by atoms with Crippen LogP contribution in [0.15, 0.2) is 23.7 Å². The third kappa shape index (κ3) is 2.77. The first kappa shape index (κ1) is 12.4. The van der Waals surface area contributed by atoms with E-state index in [2.05, 4.69) is 10.3 Å². The smallest absolute Gasteiger partial charge is 0.268 e. The van der Waals surface area contributed by atoms with Gasteiger partial charge in [0.15, 0.2) is 0 Å². The van der Waals surface area contributed by atoms with Crippen LogP contribution in [0.5, 0.6) is 0 Å². The molecule has 0 saturated heterocycles. The molecule has 0 saturated carbocycles. The summed E-state index contributed by atoms with van der Waals surface area (Å²) in [5.41, 5.74) is 0.890. The van der Waals surface area contributed by atoms with E-state index in [1.54, 1.807) is 12.1 Å². The van der Waals surface area contributed by atoms with Crippen molar-refractivity contribution in [1.82, 2.24) is 4.98 Å². The summed E-state index contributed by atoms with van der Waals surface area (Å²) in [7, 11) is 0. The second-order valence-electron chi connectivity index (χ2n) is 3.38. The largest absolute Gasteiger partial charge is 0.306 e. The molecule has 0 bridgehead atoms. The number of aryl methyl sites for hydroxylation is 1. The van der Waals surface area contributed by atoms with E-state index in [-0.39, 0.29) is 5.91 Å². The molecule has 0 fully saturated rings. The zero-order valence-corrected chi connectivity index (χ0v) is 11.2. The highest BCUT2D eigenvalue weighted by Crippen LogP contribution is 2.27. The van der Waals surface area contributed by atoms with Crippen LogP contribution in [0.4, 0.5) is 5.82 Å². The number of thiophene rings is 1. The van der Waals surface area contributed by atoms with Crippen molar-refractivity contribution in [3.63, 3.8) is 0 Å². The third-order valence-electron chi connectivity index (χ3n) is 2.07. The maximum atomic E-state index is 11.9. The van der Waals surface area contributed by atoms with Gasteiger partial charge in [-0.15, -0.1) is 11.3 Å². The van der Waals surface area contributed by atoms with Gasteiger partial charge < -0.3 is 5.32 Å². The average molecular weight is 287 g/mol. The summed E-state index contributed by atoms with van der Waals surface area (Å²) in [6, 6.07) is 3.22. The second-order valence-corrected chi connectivity index (χ2v) is 5.07. The van der Waals surface area contributed by atoms with Crippen LogP contribution in [0.1, 0.15) is 15.2 Å². The third-order valence-corrected chi connectivity index (χ3v) is 4.00. The fourth-order valence-corrected chi connectivity index (χ4v) is 2.56. The maximum absolute atomic E-state index is 11.9. The molecule has 0 unspecified atom stereocenters. The number of halogens is 2. The first-order chi connectivity index (χ1) is 8.08. The van der Waals surface area contributed by atoms with Gasteiger partial charge in [-0.3, -0.25) is 4.79 Å². The van der Waals surface area contributed by atoms with E-state index in [9.17, 15) is 4.79 Å². The molecular formula is C11H8Cl2N2OS. The quantitative estimate of drug-likeness (QED) is 0.906. The standard InChI is InChI=1S/C11H8Cl2N2OS/c1-6-5-17-10(9(6)13)11(16)15-8-4-7(12)2-3-14-8/h2-5H,1H3,(H,14,15,16). The summed E-state index contributed by atoms with van der Waals surface area (Å²) in [6.07, 6.45) is 1.53. The first-order valence-corrected chi connectivity index (χ1v) is 6.38. The Labute approximate surface area is 112 Å². The Bertz CT molecular complexity index is 568. The summed E-state index contributed by atoms with van der Waals surface area (Å²) in [4.78, 5) is 16.4. The van der Waals surface area contributed by atoms with Crippen molar-refractivity contribution in [3.05, 3.63) is 44.2 Å². The molecule has 17 heavy (non-hydrogen) atoms. The second kappa shape index (κ2) is 5.04. The number of aromatic nitrogens is 1. The molecule has 1 amide bonds. The molecule has 2 rings (SSSR count). The van der Waals surface area contributed by atoms with Gasteiger partial charge in [-0.25, -0.2) is 4.98 Å². The zero-order valence-electron chi connectivity index (χ0n) is 8.83. The number of anilines is 1. The van der Waals surface area contributed by atoms with Crippen molar-refractivity contribution in [3.8, 4) is 0 Å². The van der Waals surface area contributed by atoms with E-state index in [0.717, 1.165) is 5.56 Å². The van der Waals surface area contributed by atoms with Crippen molar-refractivity contribution in [2.75, 3.05) is 5.32 Å². The monoisotopic (exact) mass is 286 g/mol. The van der Waals surface area contributed by atoms with Crippen LogP contribution in [0.25, 0.3) is 0 Å². The highest BCUT2D eigenvalue weighted by molar-refractivity contribution is 7.13. The topological polar surface area (TPSA) is 42.0 Å². The van der Waals surface area contributed by atoms with E-state index >= 15 is 0 Å². The van der Waals surface area contributed by atoms with Crippen molar-refractivity contribution in [2.24, 2.45) is 0 Å². The molecule has 88 valence electrons. The van der Waals surface area contributed by atoms with E-state index in [1.165, 1.54) is 17.5 Å². The van der Waals surface area contributed by atoms with Crippen LogP contribution in [0.3, 0.4) is 0 Å². The average Bonchev–Trinajstić information content (AvgIpc) is 2.60. The van der Waals surface area contributed by atoms with Gasteiger partial charge in [0.2, 0.25) is 0 Å². The van der Waals surface area contributed by atoms with Crippen molar-refractivity contribution < 1.29 is 4.79 Å². The lowest BCUT2D eigenvalue weighted by atomic mass is 10.3. The van der Waals surface area contributed by atoms with Gasteiger partial charge >= 0.3 is 0 Å². The number of pyridine rings is 1. The predicted octanol–water partition coefficient (Wildman–Crippen LogP) is 4.01. The number of hydrogen-bond acceptors (Lipinski definition) is 3. The molecule has 0 spiro atoms. The van der Waals surface area contributed by atoms with Crippen molar-refractivity contribution >= 4 is 46.3 Å². The SMILES string of the molecule is Cc1csc(C(=O)Nc2cc(Cl)ccn2)c1Cl. The van der Waals surface area contributed by atoms with Crippen LogP contribution in [-0.4, -0.2) is 10.9 Å². The maximum Gasteiger partial charge on any atom is 0.268 e. The summed E-state index contributed by atoms with van der Waals surface area (Å²) in [5, 5.41) is 5.48. The van der Waals surface area contributed by atoms with E-state index < -0.39 is 0 Å². The fourth-order valence-electron chi connectivity index (χ4n) is 1.23. The highest BCUT2D eigenvalue weighted by Gasteiger charge is 2.15. The Morgan fingerprint density at radius 3 is 2.82 bits per heavy atom. The Balaban J connectivity index is 2.20. The minimum atomic E-state index is -0.275. The van der Waals surface area contributed by atoms with Crippen molar-refractivity contribution in [2.45, 2.75) is 6.92 Å². The molecule has 0 radical (unpaired) electrons. The first-order valence-electron chi connectivity index (χ1n) is 4.74. The van der Waals surface area contributed by atoms with Gasteiger partial charge in [-0.05, 0) is 30.0 Å². The molecular weight excluding hydrogens is 279 g/mol. The lowest BCUT2D eigenvalue weighted by Crippen LogP contribution is -2.11. The number of amides is 1. The van der Waals surface area contributed by atoms with Crippen LogP contribution in [-0.2, 0) is 0 Å². The molecule has 0 atom stereocenters. The van der Waals surface area contributed by atoms with Crippen LogP contribution in [0.2, 0.25) is 10.0 Å². The molecule has 6 heteroatoms. The minimum absolute atomic E-state index is 0.275. The number of carbonyl (C=O) groups is 1. The van der Waals surface area contributed by atoms with Crippen LogP contribution >= 0.6 is 34.5 Å². The summed E-state index contributed by atoms with van der Waals surface area (Å²) < 4.78 is 0. The summed E-state index contributed by atoms with van der Waals surface area (Å²) >= 11 is 13.1. The molecule has 0 aliphatic rings. The van der Waals surface area contributed by atoms with Crippen LogP contribution in [0, 0.1) is 6.92 Å². The molecule has 2 heterocycles. The molecule has 0 aliphatic heterocycles. The molecule has 0 aromatic carbocycles. The lowest BCUT2D eigenvalue weighted by Gasteiger charge is -2.03. The number of hydrogen-bond donors (Lipinski definition) is 1. The molecule has 1 N–H and O–H groups in total. The zero-order chi connectivity index (χ0) is 12.4. The molecule has 2 aromatic heterocycles. The predicted molar refractivity (Wildman–Crippen MR) is 71.3 cm³/mol. The Hall–Kier alpha value is -1.10. The van der Waals surface area contributed by atoms with Gasteiger partial charge in [-0.2, -0.15) is 0 Å². The van der Waals surface area contributed by atoms with Gasteiger partial charge in [0, 0.05) is 11.2 Å². The van der Waals surface area contributed by atoms with Crippen LogP contribution < -0.4 is 5.32 Å². The van der Waals surface area contributed by atoms with Gasteiger partial charge in [0.1, 0.15) is 10.7 Å². The van der Waals surface area contributed by atoms with Gasteiger partial charge in [-0.1, -0.05) is 23.2 Å². The number of carbonyl (C=O) groups excluding carboxylic acids is 1. The van der Waals surface area contributed by atoms with E-state index in [1.807, 2.05) is 12.3 Å². The van der Waals surface area contributed by atoms with E-state index in [0.29, 0.717) is 20.7 Å². The summed E-state index contributed by atoms with van der Waals surface area (Å²) in [5.74, 6) is 0.132. The minimum Gasteiger partial charge on any atom is -0.306 e. The fraction of sp³-hybridized carbons (Fsp3) is 0.0909. The Morgan fingerprint density at radius 1 is 1.47 bits per heavy atom. The molecule has 3 nitrogen and oxygen atoms in total. The van der Waals surface area contributed by atoms with Gasteiger partial charge in [0.25, 0.3) is 5.91 Å². The number of rotatable bonds is 2. The molecule has 2 aromatic rings.